The maximum Gasteiger partial charge on any atom is 0.254 e. The Morgan fingerprint density at radius 1 is 1.38 bits per heavy atom. The first-order valence-corrected chi connectivity index (χ1v) is 8.24. The molecule has 0 radical (unpaired) electrons. The molecule has 24 heavy (non-hydrogen) atoms. The lowest BCUT2D eigenvalue weighted by molar-refractivity contribution is -0.127. The fourth-order valence-electron chi connectivity index (χ4n) is 2.97. The van der Waals surface area contributed by atoms with E-state index in [4.69, 9.17) is 0 Å². The normalized spacial score (nSPS) is 15.6. The Bertz CT molecular complexity index is 753. The smallest absolute Gasteiger partial charge is 0.254 e. The summed E-state index contributed by atoms with van der Waals surface area (Å²) in [5.74, 6) is -0.00236. The summed E-state index contributed by atoms with van der Waals surface area (Å²) in [4.78, 5) is 25.8. The third-order valence-electron chi connectivity index (χ3n) is 4.25. The van der Waals surface area contributed by atoms with Crippen molar-refractivity contribution in [2.75, 3.05) is 13.1 Å². The molecule has 1 aliphatic rings. The molecule has 2 heterocycles. The number of para-hydroxylation sites is 1. The van der Waals surface area contributed by atoms with Gasteiger partial charge in [-0.2, -0.15) is 5.10 Å². The van der Waals surface area contributed by atoms with Crippen LogP contribution in [-0.4, -0.2) is 45.6 Å². The number of nitrogens with zero attached hydrogens (tertiary/aromatic N) is 3. The Morgan fingerprint density at radius 2 is 2.17 bits per heavy atom. The highest BCUT2D eigenvalue weighted by Gasteiger charge is 2.22. The molecule has 6 heteroatoms. The van der Waals surface area contributed by atoms with Crippen molar-refractivity contribution in [1.82, 2.24) is 20.0 Å². The van der Waals surface area contributed by atoms with Gasteiger partial charge < -0.3 is 10.2 Å². The lowest BCUT2D eigenvalue weighted by Gasteiger charge is -2.21. The van der Waals surface area contributed by atoms with Gasteiger partial charge in [-0.25, -0.2) is 4.68 Å². The van der Waals surface area contributed by atoms with E-state index >= 15 is 0 Å². The molecule has 126 valence electrons. The number of carbonyl (C=O) groups is 2. The van der Waals surface area contributed by atoms with E-state index < -0.39 is 0 Å². The highest BCUT2D eigenvalue weighted by molar-refractivity contribution is 5.94. The van der Waals surface area contributed by atoms with Gasteiger partial charge in [0, 0.05) is 31.7 Å². The quantitative estimate of drug-likeness (QED) is 0.913. The van der Waals surface area contributed by atoms with Crippen LogP contribution in [0.3, 0.4) is 0 Å². The van der Waals surface area contributed by atoms with Crippen LogP contribution < -0.4 is 5.32 Å². The third kappa shape index (κ3) is 3.48. The molecule has 0 unspecified atom stereocenters. The molecule has 2 aromatic rings. The van der Waals surface area contributed by atoms with Gasteiger partial charge in [-0.1, -0.05) is 18.2 Å². The fourth-order valence-corrected chi connectivity index (χ4v) is 2.97. The molecule has 1 fully saturated rings. The Morgan fingerprint density at radius 3 is 2.88 bits per heavy atom. The van der Waals surface area contributed by atoms with Crippen molar-refractivity contribution in [3.05, 3.63) is 47.8 Å². The SMILES string of the molecule is Cc1ccccc1-n1cc(C(=O)N[C@H](C)CN2CCCC2=O)cn1. The first-order chi connectivity index (χ1) is 11.5. The van der Waals surface area contributed by atoms with E-state index in [1.807, 2.05) is 43.0 Å². The van der Waals surface area contributed by atoms with Crippen molar-refractivity contribution < 1.29 is 9.59 Å². The van der Waals surface area contributed by atoms with Gasteiger partial charge in [0.2, 0.25) is 5.91 Å². The predicted octanol–water partition coefficient (Wildman–Crippen LogP) is 1.92. The van der Waals surface area contributed by atoms with E-state index in [2.05, 4.69) is 10.4 Å². The van der Waals surface area contributed by atoms with Crippen LogP contribution in [-0.2, 0) is 4.79 Å². The number of hydrogen-bond donors (Lipinski definition) is 1. The Hall–Kier alpha value is -2.63. The number of rotatable bonds is 5. The van der Waals surface area contributed by atoms with Gasteiger partial charge in [0.25, 0.3) is 5.91 Å². The molecule has 0 aliphatic carbocycles. The standard InChI is InChI=1S/C18H22N4O2/c1-13-6-3-4-7-16(13)22-12-15(10-19-22)18(24)20-14(2)11-21-9-5-8-17(21)23/h3-4,6-7,10,12,14H,5,8-9,11H2,1-2H3,(H,20,24)/t14-/m1/s1. The van der Waals surface area contributed by atoms with Crippen molar-refractivity contribution in [3.8, 4) is 5.69 Å². The molecule has 1 N–H and O–H groups in total. The number of aromatic nitrogens is 2. The number of nitrogens with one attached hydrogen (secondary N) is 1. The number of likely N-dealkylation sites (tertiary alicyclic amines) is 1. The van der Waals surface area contributed by atoms with E-state index in [-0.39, 0.29) is 17.9 Å². The van der Waals surface area contributed by atoms with Crippen LogP contribution in [0.5, 0.6) is 0 Å². The minimum Gasteiger partial charge on any atom is -0.348 e. The molecule has 0 spiro atoms. The van der Waals surface area contributed by atoms with Gasteiger partial charge in [-0.15, -0.1) is 0 Å². The maximum absolute atomic E-state index is 12.4. The number of benzene rings is 1. The van der Waals surface area contributed by atoms with Gasteiger partial charge >= 0.3 is 0 Å². The summed E-state index contributed by atoms with van der Waals surface area (Å²) in [6.07, 6.45) is 4.81. The van der Waals surface area contributed by atoms with Crippen molar-refractivity contribution in [3.63, 3.8) is 0 Å². The molecule has 1 atom stereocenters. The fraction of sp³-hybridized carbons (Fsp3) is 0.389. The lowest BCUT2D eigenvalue weighted by atomic mass is 10.2. The molecule has 1 aliphatic heterocycles. The summed E-state index contributed by atoms with van der Waals surface area (Å²) < 4.78 is 1.71. The van der Waals surface area contributed by atoms with Crippen LogP contribution >= 0.6 is 0 Å². The van der Waals surface area contributed by atoms with E-state index in [1.165, 1.54) is 0 Å². The third-order valence-corrected chi connectivity index (χ3v) is 4.25. The Kier molecular flexibility index (Phi) is 4.64. The summed E-state index contributed by atoms with van der Waals surface area (Å²) in [6.45, 7) is 5.25. The van der Waals surface area contributed by atoms with E-state index in [1.54, 1.807) is 17.1 Å². The van der Waals surface area contributed by atoms with Gasteiger partial charge in [0.1, 0.15) is 0 Å². The van der Waals surface area contributed by atoms with E-state index in [0.29, 0.717) is 18.5 Å². The lowest BCUT2D eigenvalue weighted by Crippen LogP contribution is -2.42. The molecule has 1 saturated heterocycles. The summed E-state index contributed by atoms with van der Waals surface area (Å²) in [6, 6.07) is 7.79. The van der Waals surface area contributed by atoms with Crippen LogP contribution in [0.15, 0.2) is 36.7 Å². The van der Waals surface area contributed by atoms with Crippen LogP contribution in [0.25, 0.3) is 5.69 Å². The maximum atomic E-state index is 12.4. The molecule has 0 saturated carbocycles. The van der Waals surface area contributed by atoms with Crippen molar-refractivity contribution in [1.29, 1.82) is 0 Å². The average molecular weight is 326 g/mol. The molecule has 3 rings (SSSR count). The highest BCUT2D eigenvalue weighted by Crippen LogP contribution is 2.13. The zero-order valence-electron chi connectivity index (χ0n) is 14.0. The molecular weight excluding hydrogens is 304 g/mol. The number of carbonyl (C=O) groups excluding carboxylic acids is 2. The van der Waals surface area contributed by atoms with Gasteiger partial charge in [0.15, 0.2) is 0 Å². The highest BCUT2D eigenvalue weighted by atomic mass is 16.2. The van der Waals surface area contributed by atoms with E-state index in [0.717, 1.165) is 24.2 Å². The van der Waals surface area contributed by atoms with Crippen LogP contribution in [0, 0.1) is 6.92 Å². The molecule has 1 aromatic heterocycles. The predicted molar refractivity (Wildman–Crippen MR) is 91.0 cm³/mol. The van der Waals surface area contributed by atoms with Crippen LogP contribution in [0.4, 0.5) is 0 Å². The van der Waals surface area contributed by atoms with Crippen LogP contribution in [0.1, 0.15) is 35.7 Å². The van der Waals surface area contributed by atoms with Gasteiger partial charge in [-0.3, -0.25) is 9.59 Å². The first kappa shape index (κ1) is 16.2. The zero-order valence-corrected chi connectivity index (χ0v) is 14.0. The second-order valence-electron chi connectivity index (χ2n) is 6.28. The second kappa shape index (κ2) is 6.86. The minimum absolute atomic E-state index is 0.0960. The zero-order chi connectivity index (χ0) is 17.1. The van der Waals surface area contributed by atoms with Crippen molar-refractivity contribution >= 4 is 11.8 Å². The Labute approximate surface area is 141 Å². The summed E-state index contributed by atoms with van der Waals surface area (Å²) in [5, 5.41) is 7.22. The molecule has 0 bridgehead atoms. The van der Waals surface area contributed by atoms with Crippen molar-refractivity contribution in [2.24, 2.45) is 0 Å². The van der Waals surface area contributed by atoms with Gasteiger partial charge in [-0.05, 0) is 31.9 Å². The van der Waals surface area contributed by atoms with Gasteiger partial charge in [0.05, 0.1) is 17.4 Å². The summed E-state index contributed by atoms with van der Waals surface area (Å²) in [7, 11) is 0. The minimum atomic E-state index is -0.172. The monoisotopic (exact) mass is 326 g/mol. The number of hydrogen-bond acceptors (Lipinski definition) is 3. The van der Waals surface area contributed by atoms with Crippen LogP contribution in [0.2, 0.25) is 0 Å². The largest absolute Gasteiger partial charge is 0.348 e. The molecule has 2 amide bonds. The Balaban J connectivity index is 1.63. The first-order valence-electron chi connectivity index (χ1n) is 8.24. The topological polar surface area (TPSA) is 67.2 Å². The molecular formula is C18H22N4O2. The van der Waals surface area contributed by atoms with E-state index in [9.17, 15) is 9.59 Å². The molecule has 1 aromatic carbocycles. The van der Waals surface area contributed by atoms with Crippen molar-refractivity contribution in [2.45, 2.75) is 32.7 Å². The number of aryl methyl sites for hydroxylation is 1. The summed E-state index contributed by atoms with van der Waals surface area (Å²) >= 11 is 0. The summed E-state index contributed by atoms with van der Waals surface area (Å²) in [5.41, 5.74) is 2.55. The average Bonchev–Trinajstić information content (AvgIpc) is 3.18. The number of amides is 2. The molecule has 6 nitrogen and oxygen atoms in total. The second-order valence-corrected chi connectivity index (χ2v) is 6.28.